The van der Waals surface area contributed by atoms with Gasteiger partial charge in [-0.05, 0) is 18.6 Å². The van der Waals surface area contributed by atoms with E-state index in [2.05, 4.69) is 4.98 Å². The predicted octanol–water partition coefficient (Wildman–Crippen LogP) is 2.30. The van der Waals surface area contributed by atoms with Crippen molar-refractivity contribution in [2.75, 3.05) is 14.2 Å². The van der Waals surface area contributed by atoms with E-state index in [9.17, 15) is 0 Å². The fraction of sp³-hybridized carbons (Fsp3) is 0.357. The van der Waals surface area contributed by atoms with Crippen molar-refractivity contribution in [3.63, 3.8) is 0 Å². The van der Waals surface area contributed by atoms with Gasteiger partial charge in [-0.25, -0.2) is 4.98 Å². The Morgan fingerprint density at radius 3 is 2.74 bits per heavy atom. The van der Waals surface area contributed by atoms with Crippen LogP contribution in [0.3, 0.4) is 0 Å². The Morgan fingerprint density at radius 2 is 2.11 bits per heavy atom. The number of benzene rings is 1. The molecular weight excluding hydrogens is 242 g/mol. The van der Waals surface area contributed by atoms with E-state index in [-0.39, 0.29) is 6.04 Å². The summed E-state index contributed by atoms with van der Waals surface area (Å²) in [4.78, 5) is 4.19. The molecule has 1 aromatic carbocycles. The van der Waals surface area contributed by atoms with Gasteiger partial charge in [0.05, 0.1) is 38.1 Å². The summed E-state index contributed by atoms with van der Waals surface area (Å²) in [6.45, 7) is 2.05. The Labute approximate surface area is 113 Å². The van der Waals surface area contributed by atoms with Crippen LogP contribution in [0.5, 0.6) is 11.5 Å². The number of nitrogens with zero attached hydrogens (tertiary/aromatic N) is 2. The zero-order valence-corrected chi connectivity index (χ0v) is 11.5. The van der Waals surface area contributed by atoms with Crippen molar-refractivity contribution >= 4 is 0 Å². The Balaban J connectivity index is 2.54. The molecule has 1 heterocycles. The number of hydrogen-bond donors (Lipinski definition) is 1. The van der Waals surface area contributed by atoms with Crippen molar-refractivity contribution in [3.05, 3.63) is 36.4 Å². The number of aromatic nitrogens is 2. The largest absolute Gasteiger partial charge is 0.497 e. The van der Waals surface area contributed by atoms with Gasteiger partial charge in [0.2, 0.25) is 0 Å². The number of imidazole rings is 1. The summed E-state index contributed by atoms with van der Waals surface area (Å²) >= 11 is 0. The molecule has 0 saturated carbocycles. The molecule has 0 bridgehead atoms. The zero-order chi connectivity index (χ0) is 13.8. The minimum atomic E-state index is -0.0570. The van der Waals surface area contributed by atoms with Gasteiger partial charge >= 0.3 is 0 Å². The maximum absolute atomic E-state index is 6.11. The maximum atomic E-state index is 6.11. The molecule has 0 fully saturated rings. The van der Waals surface area contributed by atoms with Gasteiger partial charge in [-0.2, -0.15) is 0 Å². The smallest absolute Gasteiger partial charge is 0.143 e. The molecule has 2 aromatic rings. The summed E-state index contributed by atoms with van der Waals surface area (Å²) in [6, 6.07) is 5.58. The number of rotatable bonds is 5. The second-order valence-corrected chi connectivity index (χ2v) is 4.24. The first kappa shape index (κ1) is 13.4. The molecule has 0 aliphatic rings. The van der Waals surface area contributed by atoms with Gasteiger partial charge in [-0.1, -0.05) is 6.92 Å². The summed E-state index contributed by atoms with van der Waals surface area (Å²) in [6.07, 6.45) is 4.37. The topological polar surface area (TPSA) is 62.3 Å². The third-order valence-electron chi connectivity index (χ3n) is 3.13. The lowest BCUT2D eigenvalue weighted by Crippen LogP contribution is -2.13. The molecule has 0 saturated heterocycles. The number of nitrogens with two attached hydrogens (primary N) is 1. The molecule has 0 amide bonds. The lowest BCUT2D eigenvalue weighted by Gasteiger charge is -2.16. The normalized spacial score (nSPS) is 12.2. The fourth-order valence-electron chi connectivity index (χ4n) is 1.98. The van der Waals surface area contributed by atoms with E-state index < -0.39 is 0 Å². The van der Waals surface area contributed by atoms with Crippen LogP contribution in [0, 0.1) is 0 Å². The van der Waals surface area contributed by atoms with Crippen LogP contribution in [-0.4, -0.2) is 23.8 Å². The number of hydrogen-bond acceptors (Lipinski definition) is 4. The molecule has 0 unspecified atom stereocenters. The molecule has 5 heteroatoms. The molecular formula is C14H19N3O2. The van der Waals surface area contributed by atoms with E-state index in [1.807, 2.05) is 29.7 Å². The zero-order valence-electron chi connectivity index (χ0n) is 11.5. The van der Waals surface area contributed by atoms with Crippen molar-refractivity contribution < 1.29 is 9.47 Å². The summed E-state index contributed by atoms with van der Waals surface area (Å²) < 4.78 is 12.6. The van der Waals surface area contributed by atoms with Crippen LogP contribution in [-0.2, 0) is 0 Å². The molecule has 0 aliphatic heterocycles. The second-order valence-electron chi connectivity index (χ2n) is 4.24. The van der Waals surface area contributed by atoms with Gasteiger partial charge in [0.15, 0.2) is 0 Å². The van der Waals surface area contributed by atoms with Crippen molar-refractivity contribution in [3.8, 4) is 17.2 Å². The first-order valence-electron chi connectivity index (χ1n) is 6.21. The summed E-state index contributed by atoms with van der Waals surface area (Å²) in [5.41, 5.74) is 7.93. The monoisotopic (exact) mass is 261 g/mol. The lowest BCUT2D eigenvalue weighted by atomic mass is 10.1. The molecule has 1 atom stereocenters. The summed E-state index contributed by atoms with van der Waals surface area (Å²) in [5.74, 6) is 1.52. The minimum absolute atomic E-state index is 0.0570. The van der Waals surface area contributed by atoms with Crippen LogP contribution < -0.4 is 15.2 Å². The fourth-order valence-corrected chi connectivity index (χ4v) is 1.98. The van der Waals surface area contributed by atoms with E-state index >= 15 is 0 Å². The van der Waals surface area contributed by atoms with Crippen molar-refractivity contribution in [1.82, 2.24) is 9.55 Å². The molecule has 2 N–H and O–H groups in total. The average molecular weight is 261 g/mol. The molecule has 19 heavy (non-hydrogen) atoms. The van der Waals surface area contributed by atoms with Gasteiger partial charge in [0.25, 0.3) is 0 Å². The third kappa shape index (κ3) is 2.56. The Kier molecular flexibility index (Phi) is 4.06. The van der Waals surface area contributed by atoms with Gasteiger partial charge in [0, 0.05) is 12.1 Å². The van der Waals surface area contributed by atoms with Crippen molar-refractivity contribution in [2.24, 2.45) is 5.73 Å². The van der Waals surface area contributed by atoms with Gasteiger partial charge in [-0.15, -0.1) is 0 Å². The predicted molar refractivity (Wildman–Crippen MR) is 73.9 cm³/mol. The van der Waals surface area contributed by atoms with Gasteiger partial charge < -0.3 is 15.2 Å². The van der Waals surface area contributed by atoms with Crippen molar-refractivity contribution in [1.29, 1.82) is 0 Å². The van der Waals surface area contributed by atoms with Crippen LogP contribution >= 0.6 is 0 Å². The highest BCUT2D eigenvalue weighted by atomic mass is 16.5. The van der Waals surface area contributed by atoms with Gasteiger partial charge in [0.1, 0.15) is 11.5 Å². The quantitative estimate of drug-likeness (QED) is 0.897. The highest BCUT2D eigenvalue weighted by Gasteiger charge is 2.14. The number of ether oxygens (including phenoxy) is 2. The second kappa shape index (κ2) is 5.75. The Bertz CT molecular complexity index is 551. The first-order valence-corrected chi connectivity index (χ1v) is 6.21. The van der Waals surface area contributed by atoms with E-state index in [1.54, 1.807) is 26.7 Å². The Morgan fingerprint density at radius 1 is 1.32 bits per heavy atom. The molecule has 0 aliphatic carbocycles. The molecule has 5 nitrogen and oxygen atoms in total. The lowest BCUT2D eigenvalue weighted by molar-refractivity contribution is 0.401. The van der Waals surface area contributed by atoms with E-state index in [4.69, 9.17) is 15.2 Å². The molecule has 102 valence electrons. The van der Waals surface area contributed by atoms with E-state index in [1.165, 1.54) is 0 Å². The highest BCUT2D eigenvalue weighted by molar-refractivity contribution is 5.52. The van der Waals surface area contributed by atoms with E-state index in [0.29, 0.717) is 0 Å². The average Bonchev–Trinajstić information content (AvgIpc) is 2.94. The van der Waals surface area contributed by atoms with Gasteiger partial charge in [-0.3, -0.25) is 4.57 Å². The Hall–Kier alpha value is -2.01. The summed E-state index contributed by atoms with van der Waals surface area (Å²) in [5, 5.41) is 0. The van der Waals surface area contributed by atoms with Crippen LogP contribution in [0.15, 0.2) is 30.7 Å². The minimum Gasteiger partial charge on any atom is -0.497 e. The molecule has 0 radical (unpaired) electrons. The molecule has 2 rings (SSSR count). The highest BCUT2D eigenvalue weighted by Crippen LogP contribution is 2.29. The van der Waals surface area contributed by atoms with Crippen LogP contribution in [0.4, 0.5) is 0 Å². The summed E-state index contributed by atoms with van der Waals surface area (Å²) in [7, 11) is 3.28. The maximum Gasteiger partial charge on any atom is 0.143 e. The first-order chi connectivity index (χ1) is 9.21. The third-order valence-corrected chi connectivity index (χ3v) is 3.13. The number of methoxy groups -OCH3 is 2. The standard InChI is InChI=1S/C14H19N3O2/c1-4-11(15)13-8-16-9-17(13)12-7-10(18-2)5-6-14(12)19-3/h5-9,11H,4,15H2,1-3H3/t11-/m1/s1. The SMILES string of the molecule is CC[C@@H](N)c1cncn1-c1cc(OC)ccc1OC. The van der Waals surface area contributed by atoms with Crippen molar-refractivity contribution in [2.45, 2.75) is 19.4 Å². The van der Waals surface area contributed by atoms with Crippen LogP contribution in [0.2, 0.25) is 0 Å². The van der Waals surface area contributed by atoms with E-state index in [0.717, 1.165) is 29.3 Å². The molecule has 1 aromatic heterocycles. The van der Waals surface area contributed by atoms with Crippen LogP contribution in [0.1, 0.15) is 25.1 Å². The van der Waals surface area contributed by atoms with Crippen LogP contribution in [0.25, 0.3) is 5.69 Å². The molecule has 0 spiro atoms.